The van der Waals surface area contributed by atoms with Crippen LogP contribution in [0.2, 0.25) is 0 Å². The molecule has 1 atom stereocenters. The van der Waals surface area contributed by atoms with Gasteiger partial charge in [-0.3, -0.25) is 14.7 Å². The number of hydrogen-bond donors (Lipinski definition) is 2. The third kappa shape index (κ3) is 3.68. The van der Waals surface area contributed by atoms with Crippen LogP contribution >= 0.6 is 0 Å². The van der Waals surface area contributed by atoms with E-state index in [2.05, 4.69) is 20.0 Å². The van der Waals surface area contributed by atoms with Gasteiger partial charge in [-0.15, -0.1) is 0 Å². The fourth-order valence-corrected chi connectivity index (χ4v) is 5.04. The zero-order valence-corrected chi connectivity index (χ0v) is 16.7. The Kier molecular flexibility index (Phi) is 7.30. The highest BCUT2D eigenvalue weighted by molar-refractivity contribution is 5.01. The van der Waals surface area contributed by atoms with E-state index in [0.717, 1.165) is 78.0 Å². The molecule has 0 unspecified atom stereocenters. The molecule has 7 heteroatoms. The highest BCUT2D eigenvalue weighted by atomic mass is 16.8. The molecule has 3 aliphatic heterocycles. The number of piperidine rings is 1. The molecular formula is C19H38N4O3. The number of ether oxygens (including phenoxy) is 2. The van der Waals surface area contributed by atoms with E-state index in [9.17, 15) is 5.11 Å². The first-order valence-electron chi connectivity index (χ1n) is 10.6. The molecule has 0 aromatic rings. The minimum Gasteiger partial charge on any atom is -0.340 e. The highest BCUT2D eigenvalue weighted by Crippen LogP contribution is 2.41. The molecule has 3 aliphatic rings. The van der Waals surface area contributed by atoms with E-state index < -0.39 is 11.8 Å². The van der Waals surface area contributed by atoms with E-state index in [1.165, 1.54) is 6.42 Å². The van der Waals surface area contributed by atoms with Crippen molar-refractivity contribution in [3.8, 4) is 0 Å². The van der Waals surface area contributed by atoms with Crippen LogP contribution in [0.1, 0.15) is 46.0 Å². The van der Waals surface area contributed by atoms with Gasteiger partial charge in [0.05, 0.1) is 0 Å². The summed E-state index contributed by atoms with van der Waals surface area (Å²) in [6.45, 7) is 12.2. The SMILES string of the molecule is CCOC(O)(OCC)[C@](N1CCCCC1)(N1CCCC1)N1CCNCC1. The number of hydrogen-bond acceptors (Lipinski definition) is 7. The first-order chi connectivity index (χ1) is 12.7. The summed E-state index contributed by atoms with van der Waals surface area (Å²) in [6.07, 6.45) is 5.91. The van der Waals surface area contributed by atoms with Crippen LogP contribution in [-0.2, 0) is 9.47 Å². The maximum atomic E-state index is 11.9. The van der Waals surface area contributed by atoms with Gasteiger partial charge in [0.1, 0.15) is 0 Å². The predicted octanol–water partition coefficient (Wildman–Crippen LogP) is 0.846. The molecule has 3 rings (SSSR count). The van der Waals surface area contributed by atoms with Gasteiger partial charge in [0, 0.05) is 65.6 Å². The average molecular weight is 371 g/mol. The molecule has 3 saturated heterocycles. The van der Waals surface area contributed by atoms with Gasteiger partial charge < -0.3 is 19.9 Å². The quantitative estimate of drug-likeness (QED) is 0.614. The summed E-state index contributed by atoms with van der Waals surface area (Å²) in [4.78, 5) is 7.32. The van der Waals surface area contributed by atoms with Gasteiger partial charge in [-0.25, -0.2) is 0 Å². The van der Waals surface area contributed by atoms with Crippen LogP contribution in [-0.4, -0.2) is 97.1 Å². The molecule has 0 aliphatic carbocycles. The average Bonchev–Trinajstić information content (AvgIpc) is 3.19. The Morgan fingerprint density at radius 3 is 1.62 bits per heavy atom. The standard InChI is InChI=1S/C19H38N4O3/c1-3-25-19(24,26-4-2)18(22-14-8-9-15-22,21-12-6-5-7-13-21)23-16-10-20-11-17-23/h20,24H,3-17H2,1-2H3/t18-/m0/s1. The fraction of sp³-hybridized carbons (Fsp3) is 1.00. The first-order valence-corrected chi connectivity index (χ1v) is 10.6. The maximum Gasteiger partial charge on any atom is 0.329 e. The Balaban J connectivity index is 2.08. The maximum absolute atomic E-state index is 11.9. The second-order valence-electron chi connectivity index (χ2n) is 7.56. The van der Waals surface area contributed by atoms with Crippen LogP contribution < -0.4 is 5.32 Å². The second kappa shape index (κ2) is 9.28. The zero-order valence-electron chi connectivity index (χ0n) is 16.7. The van der Waals surface area contributed by atoms with Crippen molar-refractivity contribution in [1.82, 2.24) is 20.0 Å². The van der Waals surface area contributed by atoms with Gasteiger partial charge in [0.15, 0.2) is 0 Å². The molecule has 152 valence electrons. The topological polar surface area (TPSA) is 60.4 Å². The number of aliphatic hydroxyl groups is 1. The number of piperazine rings is 1. The van der Waals surface area contributed by atoms with Crippen molar-refractivity contribution in [3.63, 3.8) is 0 Å². The van der Waals surface area contributed by atoms with Gasteiger partial charge in [-0.1, -0.05) is 6.42 Å². The number of nitrogens with zero attached hydrogens (tertiary/aromatic N) is 3. The lowest BCUT2D eigenvalue weighted by molar-refractivity contribution is -0.463. The molecule has 7 nitrogen and oxygen atoms in total. The molecule has 3 heterocycles. The van der Waals surface area contributed by atoms with Gasteiger partial charge in [-0.05, 0) is 39.5 Å². The smallest absolute Gasteiger partial charge is 0.329 e. The summed E-state index contributed by atoms with van der Waals surface area (Å²) in [6, 6.07) is 0. The van der Waals surface area contributed by atoms with Crippen LogP contribution in [0.5, 0.6) is 0 Å². The van der Waals surface area contributed by atoms with Crippen molar-refractivity contribution < 1.29 is 14.6 Å². The van der Waals surface area contributed by atoms with Crippen molar-refractivity contribution in [1.29, 1.82) is 0 Å². The van der Waals surface area contributed by atoms with Crippen molar-refractivity contribution in [3.05, 3.63) is 0 Å². The van der Waals surface area contributed by atoms with E-state index in [0.29, 0.717) is 13.2 Å². The number of rotatable bonds is 8. The highest BCUT2D eigenvalue weighted by Gasteiger charge is 2.64. The van der Waals surface area contributed by atoms with E-state index in [4.69, 9.17) is 9.47 Å². The van der Waals surface area contributed by atoms with Crippen LogP contribution in [0.4, 0.5) is 0 Å². The molecule has 0 aromatic carbocycles. The summed E-state index contributed by atoms with van der Waals surface area (Å²) in [5.41, 5.74) is 0. The first kappa shape index (κ1) is 20.5. The monoisotopic (exact) mass is 370 g/mol. The van der Waals surface area contributed by atoms with Crippen LogP contribution in [0, 0.1) is 0 Å². The summed E-state index contributed by atoms with van der Waals surface area (Å²) >= 11 is 0. The van der Waals surface area contributed by atoms with Gasteiger partial charge in [0.25, 0.3) is 0 Å². The van der Waals surface area contributed by atoms with Gasteiger partial charge in [-0.2, -0.15) is 0 Å². The van der Waals surface area contributed by atoms with E-state index >= 15 is 0 Å². The summed E-state index contributed by atoms with van der Waals surface area (Å²) in [5.74, 6) is -2.41. The van der Waals surface area contributed by atoms with E-state index in [-0.39, 0.29) is 0 Å². The molecule has 26 heavy (non-hydrogen) atoms. The fourth-order valence-electron chi connectivity index (χ4n) is 5.04. The van der Waals surface area contributed by atoms with Gasteiger partial charge >= 0.3 is 5.97 Å². The third-order valence-electron chi connectivity index (χ3n) is 6.01. The molecule has 0 amide bonds. The molecule has 0 spiro atoms. The van der Waals surface area contributed by atoms with Crippen molar-refractivity contribution in [2.75, 3.05) is 65.6 Å². The van der Waals surface area contributed by atoms with Crippen LogP contribution in [0.15, 0.2) is 0 Å². The number of likely N-dealkylation sites (tertiary alicyclic amines) is 2. The Bertz CT molecular complexity index is 395. The molecule has 0 aromatic heterocycles. The van der Waals surface area contributed by atoms with E-state index in [1.807, 2.05) is 13.8 Å². The molecule has 2 N–H and O–H groups in total. The van der Waals surface area contributed by atoms with Crippen molar-refractivity contribution in [2.24, 2.45) is 0 Å². The lowest BCUT2D eigenvalue weighted by Gasteiger charge is -2.61. The minimum absolute atomic E-state index is 0.423. The Morgan fingerprint density at radius 1 is 0.731 bits per heavy atom. The Hall–Kier alpha value is -0.280. The number of nitrogens with one attached hydrogen (secondary N) is 1. The second-order valence-corrected chi connectivity index (χ2v) is 7.56. The molecular weight excluding hydrogens is 332 g/mol. The van der Waals surface area contributed by atoms with Crippen LogP contribution in [0.3, 0.4) is 0 Å². The predicted molar refractivity (Wildman–Crippen MR) is 102 cm³/mol. The zero-order chi connectivity index (χ0) is 18.5. The van der Waals surface area contributed by atoms with Crippen LogP contribution in [0.25, 0.3) is 0 Å². The summed E-state index contributed by atoms with van der Waals surface area (Å²) in [7, 11) is 0. The largest absolute Gasteiger partial charge is 0.340 e. The molecule has 0 bridgehead atoms. The lowest BCUT2D eigenvalue weighted by Crippen LogP contribution is -2.82. The Labute approximate surface area is 158 Å². The molecule has 3 fully saturated rings. The third-order valence-corrected chi connectivity index (χ3v) is 6.01. The van der Waals surface area contributed by atoms with Crippen molar-refractivity contribution >= 4 is 0 Å². The van der Waals surface area contributed by atoms with Gasteiger partial charge in [0.2, 0.25) is 5.79 Å². The minimum atomic E-state index is -1.66. The Morgan fingerprint density at radius 2 is 1.15 bits per heavy atom. The summed E-state index contributed by atoms with van der Waals surface area (Å²) in [5, 5.41) is 15.4. The lowest BCUT2D eigenvalue weighted by atomic mass is 10.0. The molecule has 0 saturated carbocycles. The normalized spacial score (nSPS) is 26.9. The van der Waals surface area contributed by atoms with E-state index in [1.54, 1.807) is 0 Å². The van der Waals surface area contributed by atoms with Crippen molar-refractivity contribution in [2.45, 2.75) is 57.7 Å². The molecule has 0 radical (unpaired) electrons. The summed E-state index contributed by atoms with van der Waals surface area (Å²) < 4.78 is 12.1.